The van der Waals surface area contributed by atoms with Crippen molar-refractivity contribution in [1.29, 1.82) is 0 Å². The Morgan fingerprint density at radius 3 is 2.52 bits per heavy atom. The van der Waals surface area contributed by atoms with Gasteiger partial charge in [0.25, 0.3) is 0 Å². The molecule has 3 unspecified atom stereocenters. The van der Waals surface area contributed by atoms with Crippen molar-refractivity contribution in [2.24, 2.45) is 5.92 Å². The average Bonchev–Trinajstić information content (AvgIpc) is 3.11. The fourth-order valence-electron chi connectivity index (χ4n) is 4.21. The highest BCUT2D eigenvalue weighted by molar-refractivity contribution is 7.91. The van der Waals surface area contributed by atoms with Crippen LogP contribution in [0.3, 0.4) is 0 Å². The first kappa shape index (κ1) is 15.3. The predicted octanol–water partition coefficient (Wildman–Crippen LogP) is 1.29. The molecule has 0 radical (unpaired) electrons. The second-order valence-electron chi connectivity index (χ2n) is 6.80. The molecule has 1 N–H and O–H groups in total. The molecule has 0 bridgehead atoms. The molecule has 3 aliphatic rings. The molecule has 1 saturated carbocycles. The van der Waals surface area contributed by atoms with Gasteiger partial charge in [0.1, 0.15) is 0 Å². The summed E-state index contributed by atoms with van der Waals surface area (Å²) in [6, 6.07) is -0.216. The first-order chi connectivity index (χ1) is 10.0. The molecule has 120 valence electrons. The summed E-state index contributed by atoms with van der Waals surface area (Å²) in [4.78, 5) is 14.6. The molecular weight excluding hydrogens is 288 g/mol. The highest BCUT2D eigenvalue weighted by Gasteiger charge is 2.48. The maximum absolute atomic E-state index is 12.7. The summed E-state index contributed by atoms with van der Waals surface area (Å²) in [5.41, 5.74) is 0. The van der Waals surface area contributed by atoms with Crippen molar-refractivity contribution in [2.45, 2.75) is 70.1 Å². The molecule has 2 heterocycles. The van der Waals surface area contributed by atoms with Gasteiger partial charge in [-0.1, -0.05) is 26.2 Å². The van der Waals surface area contributed by atoms with Crippen molar-refractivity contribution in [1.82, 2.24) is 10.2 Å². The van der Waals surface area contributed by atoms with E-state index in [0.29, 0.717) is 12.3 Å². The summed E-state index contributed by atoms with van der Waals surface area (Å²) < 4.78 is 23.6. The lowest BCUT2D eigenvalue weighted by molar-refractivity contribution is -0.132. The summed E-state index contributed by atoms with van der Waals surface area (Å²) >= 11 is 0. The molecule has 3 atom stereocenters. The quantitative estimate of drug-likeness (QED) is 0.849. The third-order valence-corrected chi connectivity index (χ3v) is 7.00. The highest BCUT2D eigenvalue weighted by Crippen LogP contribution is 2.35. The maximum Gasteiger partial charge on any atom is 0.241 e. The molecule has 1 aliphatic carbocycles. The van der Waals surface area contributed by atoms with E-state index < -0.39 is 9.84 Å². The number of rotatable bonds is 4. The molecule has 1 amide bonds. The standard InChI is InChI=1S/C15H26N2O3S/c1-2-5-13-15(18)17(12-8-9-21(19,20)10-12)14(16-13)11-6-3-4-7-11/h11-14,16H,2-10H2,1H3. The fourth-order valence-corrected chi connectivity index (χ4v) is 5.92. The SMILES string of the molecule is CCCC1NC(C2CCCC2)N(C2CCS(=O)(=O)C2)C1=O. The third-order valence-electron chi connectivity index (χ3n) is 5.25. The summed E-state index contributed by atoms with van der Waals surface area (Å²) in [5.74, 6) is 1.02. The van der Waals surface area contributed by atoms with Gasteiger partial charge < -0.3 is 4.90 Å². The summed E-state index contributed by atoms with van der Waals surface area (Å²) in [7, 11) is -2.95. The third kappa shape index (κ3) is 2.97. The van der Waals surface area contributed by atoms with Gasteiger partial charge in [-0.25, -0.2) is 8.42 Å². The molecule has 6 heteroatoms. The van der Waals surface area contributed by atoms with Crippen LogP contribution in [0.1, 0.15) is 51.9 Å². The summed E-state index contributed by atoms with van der Waals surface area (Å²) in [6.45, 7) is 2.09. The number of nitrogens with zero attached hydrogens (tertiary/aromatic N) is 1. The molecule has 0 aromatic carbocycles. The van der Waals surface area contributed by atoms with Gasteiger partial charge in [0.2, 0.25) is 5.91 Å². The second-order valence-corrected chi connectivity index (χ2v) is 9.03. The van der Waals surface area contributed by atoms with Crippen molar-refractivity contribution < 1.29 is 13.2 Å². The summed E-state index contributed by atoms with van der Waals surface area (Å²) in [5, 5.41) is 3.52. The van der Waals surface area contributed by atoms with Gasteiger partial charge in [0, 0.05) is 6.04 Å². The Morgan fingerprint density at radius 2 is 1.95 bits per heavy atom. The van der Waals surface area contributed by atoms with Gasteiger partial charge in [-0.3, -0.25) is 10.1 Å². The zero-order valence-corrected chi connectivity index (χ0v) is 13.6. The van der Waals surface area contributed by atoms with Crippen molar-refractivity contribution >= 4 is 15.7 Å². The van der Waals surface area contributed by atoms with Crippen molar-refractivity contribution in [2.75, 3.05) is 11.5 Å². The Hall–Kier alpha value is -0.620. The minimum Gasteiger partial charge on any atom is -0.321 e. The Bertz CT molecular complexity index is 499. The average molecular weight is 314 g/mol. The lowest BCUT2D eigenvalue weighted by Gasteiger charge is -2.33. The Balaban J connectivity index is 1.80. The molecule has 5 nitrogen and oxygen atoms in total. The van der Waals surface area contributed by atoms with Crippen LogP contribution in [0.25, 0.3) is 0 Å². The minimum absolute atomic E-state index is 0.0647. The largest absolute Gasteiger partial charge is 0.321 e. The predicted molar refractivity (Wildman–Crippen MR) is 81.5 cm³/mol. The molecule has 2 saturated heterocycles. The normalized spacial score (nSPS) is 36.7. The molecule has 3 fully saturated rings. The molecule has 3 rings (SSSR count). The zero-order chi connectivity index (χ0) is 15.0. The second kappa shape index (κ2) is 5.88. The van der Waals surface area contributed by atoms with E-state index in [1.165, 1.54) is 12.8 Å². The van der Waals surface area contributed by atoms with Crippen molar-refractivity contribution in [3.05, 3.63) is 0 Å². The van der Waals surface area contributed by atoms with Crippen LogP contribution in [0.4, 0.5) is 0 Å². The number of amides is 1. The van der Waals surface area contributed by atoms with Crippen LogP contribution in [-0.4, -0.2) is 49.0 Å². The van der Waals surface area contributed by atoms with E-state index in [4.69, 9.17) is 0 Å². The molecule has 0 aromatic heterocycles. The number of nitrogens with one attached hydrogen (secondary N) is 1. The Morgan fingerprint density at radius 1 is 1.24 bits per heavy atom. The van der Waals surface area contributed by atoms with E-state index in [0.717, 1.165) is 25.7 Å². The lowest BCUT2D eigenvalue weighted by Crippen LogP contribution is -2.48. The van der Waals surface area contributed by atoms with Gasteiger partial charge in [-0.2, -0.15) is 0 Å². The topological polar surface area (TPSA) is 66.5 Å². The van der Waals surface area contributed by atoms with E-state index in [1.54, 1.807) is 0 Å². The Kier molecular flexibility index (Phi) is 4.28. The van der Waals surface area contributed by atoms with Gasteiger partial charge in [-0.05, 0) is 31.6 Å². The Labute approximate surface area is 127 Å². The van der Waals surface area contributed by atoms with E-state index in [9.17, 15) is 13.2 Å². The molecule has 0 aromatic rings. The van der Waals surface area contributed by atoms with Crippen LogP contribution in [0.15, 0.2) is 0 Å². The van der Waals surface area contributed by atoms with Crippen molar-refractivity contribution in [3.63, 3.8) is 0 Å². The lowest BCUT2D eigenvalue weighted by atomic mass is 10.0. The maximum atomic E-state index is 12.7. The number of carbonyl (C=O) groups is 1. The smallest absolute Gasteiger partial charge is 0.241 e. The van der Waals surface area contributed by atoms with Gasteiger partial charge in [0.05, 0.1) is 23.7 Å². The van der Waals surface area contributed by atoms with E-state index in [-0.39, 0.29) is 35.7 Å². The minimum atomic E-state index is -2.95. The van der Waals surface area contributed by atoms with Crippen LogP contribution in [0.5, 0.6) is 0 Å². The molecule has 2 aliphatic heterocycles. The van der Waals surface area contributed by atoms with Crippen molar-refractivity contribution in [3.8, 4) is 0 Å². The zero-order valence-electron chi connectivity index (χ0n) is 12.8. The van der Waals surface area contributed by atoms with Crippen LogP contribution < -0.4 is 5.32 Å². The van der Waals surface area contributed by atoms with Crippen LogP contribution >= 0.6 is 0 Å². The van der Waals surface area contributed by atoms with Crippen LogP contribution in [-0.2, 0) is 14.6 Å². The first-order valence-corrected chi connectivity index (χ1v) is 10.1. The monoisotopic (exact) mass is 314 g/mol. The van der Waals surface area contributed by atoms with E-state index in [1.807, 2.05) is 4.90 Å². The first-order valence-electron chi connectivity index (χ1n) is 8.30. The van der Waals surface area contributed by atoms with Gasteiger partial charge in [-0.15, -0.1) is 0 Å². The molecule has 21 heavy (non-hydrogen) atoms. The molecule has 0 spiro atoms. The van der Waals surface area contributed by atoms with Gasteiger partial charge in [0.15, 0.2) is 9.84 Å². The van der Waals surface area contributed by atoms with Gasteiger partial charge >= 0.3 is 0 Å². The molecular formula is C15H26N2O3S. The van der Waals surface area contributed by atoms with E-state index in [2.05, 4.69) is 12.2 Å². The number of carbonyl (C=O) groups excluding carboxylic acids is 1. The fraction of sp³-hybridized carbons (Fsp3) is 0.933. The highest BCUT2D eigenvalue weighted by atomic mass is 32.2. The van der Waals surface area contributed by atoms with Crippen LogP contribution in [0, 0.1) is 5.92 Å². The van der Waals surface area contributed by atoms with E-state index >= 15 is 0 Å². The van der Waals surface area contributed by atoms with Crippen LogP contribution in [0.2, 0.25) is 0 Å². The number of hydrogen-bond acceptors (Lipinski definition) is 4. The number of hydrogen-bond donors (Lipinski definition) is 1. The number of sulfone groups is 1. The summed E-state index contributed by atoms with van der Waals surface area (Å²) in [6.07, 6.45) is 7.25.